The van der Waals surface area contributed by atoms with Gasteiger partial charge in [0.1, 0.15) is 11.1 Å². The summed E-state index contributed by atoms with van der Waals surface area (Å²) in [6, 6.07) is 21.3. The van der Waals surface area contributed by atoms with Crippen molar-refractivity contribution in [3.05, 3.63) is 139 Å². The van der Waals surface area contributed by atoms with Crippen LogP contribution < -0.4 is 5.32 Å². The summed E-state index contributed by atoms with van der Waals surface area (Å²) in [6.45, 7) is 5.28. The van der Waals surface area contributed by atoms with Crippen LogP contribution in [0.1, 0.15) is 86.8 Å². The van der Waals surface area contributed by atoms with Gasteiger partial charge in [-0.05, 0) is 90.9 Å². The number of sulfonamides is 1. The average Bonchev–Trinajstić information content (AvgIpc) is 3.19. The molecule has 0 bridgehead atoms. The predicted molar refractivity (Wildman–Crippen MR) is 237 cm³/mol. The number of carboxylic acids is 2. The van der Waals surface area contributed by atoms with Crippen molar-refractivity contribution in [1.29, 1.82) is 0 Å². The van der Waals surface area contributed by atoms with Crippen molar-refractivity contribution in [2.24, 2.45) is 0 Å². The SMILES string of the molecule is C.CC(C)S(=O)(=O)N1CCc2ccc3c(C(=O)O)c(O)c(Cc4ccc(Cl)cc4)nc3c2C1.Cl.O=C(O)c1c(O)c(Cc2ccc(Cl)cc2)nc2c3c(ccc12)CCNC3. The fourth-order valence-electron chi connectivity index (χ4n) is 7.50. The molecule has 2 aromatic heterocycles. The zero-order valence-electron chi connectivity index (χ0n) is 32.0. The molecule has 0 unspecified atom stereocenters. The Morgan fingerprint density at radius 3 is 1.63 bits per heavy atom. The molecule has 0 atom stereocenters. The summed E-state index contributed by atoms with van der Waals surface area (Å²) in [6.07, 6.45) is 1.92. The van der Waals surface area contributed by atoms with Gasteiger partial charge in [-0.15, -0.1) is 12.4 Å². The molecule has 316 valence electrons. The number of carboxylic acid groups (broad SMARTS) is 2. The Morgan fingerprint density at radius 1 is 0.733 bits per heavy atom. The Morgan fingerprint density at radius 2 is 1.18 bits per heavy atom. The Hall–Kier alpha value is -5.02. The zero-order valence-corrected chi connectivity index (χ0v) is 35.1. The molecule has 0 spiro atoms. The fraction of sp³-hybridized carbons (Fsp3) is 0.273. The maximum atomic E-state index is 12.8. The van der Waals surface area contributed by atoms with Crippen LogP contribution >= 0.6 is 35.6 Å². The molecule has 0 fully saturated rings. The van der Waals surface area contributed by atoms with Gasteiger partial charge in [-0.25, -0.2) is 28.0 Å². The normalized spacial score (nSPS) is 13.7. The van der Waals surface area contributed by atoms with Crippen LogP contribution in [0.4, 0.5) is 0 Å². The molecule has 4 heterocycles. The highest BCUT2D eigenvalue weighted by molar-refractivity contribution is 7.89. The van der Waals surface area contributed by atoms with Crippen molar-refractivity contribution >= 4 is 79.4 Å². The lowest BCUT2D eigenvalue weighted by molar-refractivity contribution is 0.0684. The molecule has 0 radical (unpaired) electrons. The molecular weight excluding hydrogens is 851 g/mol. The monoisotopic (exact) mass is 894 g/mol. The van der Waals surface area contributed by atoms with E-state index in [1.165, 1.54) is 9.87 Å². The Balaban J connectivity index is 0.000000224. The second-order valence-electron chi connectivity index (χ2n) is 14.6. The lowest BCUT2D eigenvalue weighted by Crippen LogP contribution is -2.40. The highest BCUT2D eigenvalue weighted by Gasteiger charge is 2.32. The lowest BCUT2D eigenvalue weighted by atomic mass is 9.94. The number of aromatic hydroxyl groups is 2. The number of rotatable bonds is 8. The number of halogens is 3. The molecule has 0 amide bonds. The predicted octanol–water partition coefficient (Wildman–Crippen LogP) is 8.57. The number of benzene rings is 4. The molecule has 2 aliphatic rings. The molecule has 8 rings (SSSR count). The Bertz CT molecular complexity index is 2710. The minimum Gasteiger partial charge on any atom is -0.505 e. The van der Waals surface area contributed by atoms with Crippen LogP contribution in [0.3, 0.4) is 0 Å². The van der Waals surface area contributed by atoms with Crippen LogP contribution in [-0.4, -0.2) is 73.4 Å². The van der Waals surface area contributed by atoms with Crippen molar-refractivity contribution in [2.45, 2.75) is 65.3 Å². The number of nitrogens with one attached hydrogen (secondary N) is 1. The number of carbonyl (C=O) groups is 2. The van der Waals surface area contributed by atoms with Crippen LogP contribution in [-0.2, 0) is 48.8 Å². The first-order valence-electron chi connectivity index (χ1n) is 18.6. The standard InChI is InChI=1S/C23H23ClN2O5S.C20H17ClN2O3.CH4.ClH/c1-13(2)32(30,31)26-10-9-15-5-8-17-20(23(28)29)22(27)19(25-21(17)18(15)12-26)11-14-3-6-16(24)7-4-14;21-13-4-1-11(2-5-13)9-16-19(24)17(20(25)26)14-6-3-12-7-8-22-10-15(12)18(14)23-16;;/h3-8,13,27H,9-12H2,1-2H3,(H,28,29);1-6,22,24H,7-10H2,(H,25,26);1H4;1H. The molecule has 4 aromatic carbocycles. The molecule has 5 N–H and O–H groups in total. The second-order valence-corrected chi connectivity index (χ2v) is 17.9. The quantitative estimate of drug-likeness (QED) is 0.0984. The number of hydrogen-bond donors (Lipinski definition) is 5. The number of aromatic nitrogens is 2. The van der Waals surface area contributed by atoms with E-state index in [-0.39, 0.29) is 66.5 Å². The maximum absolute atomic E-state index is 12.8. The van der Waals surface area contributed by atoms with E-state index in [2.05, 4.69) is 15.3 Å². The van der Waals surface area contributed by atoms with Crippen LogP contribution in [0.25, 0.3) is 21.8 Å². The molecule has 0 saturated heterocycles. The third-order valence-corrected chi connectivity index (χ3v) is 13.3. The zero-order chi connectivity index (χ0) is 41.5. The third kappa shape index (κ3) is 9.16. The van der Waals surface area contributed by atoms with Gasteiger partial charge in [0.25, 0.3) is 0 Å². The number of nitrogens with zero attached hydrogens (tertiary/aromatic N) is 3. The van der Waals surface area contributed by atoms with Gasteiger partial charge in [0.05, 0.1) is 27.7 Å². The average molecular weight is 896 g/mol. The molecule has 16 heteroatoms. The molecular formula is C44H45Cl3N4O8S. The van der Waals surface area contributed by atoms with Crippen LogP contribution in [0.2, 0.25) is 10.0 Å². The Kier molecular flexibility index (Phi) is 14.4. The summed E-state index contributed by atoms with van der Waals surface area (Å²) >= 11 is 11.9. The number of pyridine rings is 2. The van der Waals surface area contributed by atoms with Gasteiger partial charge in [-0.2, -0.15) is 4.31 Å². The summed E-state index contributed by atoms with van der Waals surface area (Å²) in [5.74, 6) is -3.09. The fourth-order valence-corrected chi connectivity index (χ4v) is 9.00. The lowest BCUT2D eigenvalue weighted by Gasteiger charge is -2.30. The topological polar surface area (TPSA) is 190 Å². The van der Waals surface area contributed by atoms with E-state index < -0.39 is 27.2 Å². The second kappa shape index (κ2) is 18.7. The maximum Gasteiger partial charge on any atom is 0.340 e. The number of fused-ring (bicyclic) bond motifs is 6. The molecule has 2 aliphatic heterocycles. The van der Waals surface area contributed by atoms with E-state index in [0.29, 0.717) is 63.7 Å². The van der Waals surface area contributed by atoms with Gasteiger partial charge in [0.15, 0.2) is 11.5 Å². The highest BCUT2D eigenvalue weighted by Crippen LogP contribution is 2.37. The van der Waals surface area contributed by atoms with Crippen molar-refractivity contribution in [1.82, 2.24) is 19.6 Å². The van der Waals surface area contributed by atoms with E-state index in [4.69, 9.17) is 23.2 Å². The van der Waals surface area contributed by atoms with E-state index in [1.807, 2.05) is 18.2 Å². The number of hydrogen-bond acceptors (Lipinski definition) is 9. The molecule has 6 aromatic rings. The summed E-state index contributed by atoms with van der Waals surface area (Å²) in [7, 11) is -3.48. The van der Waals surface area contributed by atoms with E-state index >= 15 is 0 Å². The Labute approximate surface area is 364 Å². The highest BCUT2D eigenvalue weighted by atomic mass is 35.5. The van der Waals surface area contributed by atoms with Crippen LogP contribution in [0.5, 0.6) is 11.5 Å². The van der Waals surface area contributed by atoms with E-state index in [0.717, 1.165) is 35.2 Å². The smallest absolute Gasteiger partial charge is 0.340 e. The van der Waals surface area contributed by atoms with Gasteiger partial charge in [0, 0.05) is 53.3 Å². The first kappa shape index (κ1) is 46.1. The summed E-state index contributed by atoms with van der Waals surface area (Å²) in [4.78, 5) is 33.2. The largest absolute Gasteiger partial charge is 0.505 e. The van der Waals surface area contributed by atoms with Crippen molar-refractivity contribution in [3.8, 4) is 11.5 Å². The molecule has 12 nitrogen and oxygen atoms in total. The minimum atomic E-state index is -3.48. The van der Waals surface area contributed by atoms with Crippen LogP contribution in [0.15, 0.2) is 72.8 Å². The first-order chi connectivity index (χ1) is 27.6. The molecule has 0 aliphatic carbocycles. The van der Waals surface area contributed by atoms with Crippen molar-refractivity contribution < 1.29 is 38.4 Å². The van der Waals surface area contributed by atoms with Gasteiger partial charge >= 0.3 is 11.9 Å². The third-order valence-electron chi connectivity index (χ3n) is 10.6. The van der Waals surface area contributed by atoms with E-state index in [1.54, 1.807) is 68.4 Å². The first-order valence-corrected chi connectivity index (χ1v) is 20.9. The van der Waals surface area contributed by atoms with E-state index in [9.17, 15) is 38.4 Å². The van der Waals surface area contributed by atoms with Gasteiger partial charge < -0.3 is 25.7 Å². The summed E-state index contributed by atoms with van der Waals surface area (Å²) in [5, 5.41) is 45.5. The summed E-state index contributed by atoms with van der Waals surface area (Å²) < 4.78 is 26.9. The minimum absolute atomic E-state index is 0. The summed E-state index contributed by atoms with van der Waals surface area (Å²) in [5.41, 5.74) is 6.80. The van der Waals surface area contributed by atoms with Gasteiger partial charge in [-0.3, -0.25) is 0 Å². The number of aromatic carboxylic acids is 2. The molecule has 0 saturated carbocycles. The van der Waals surface area contributed by atoms with Gasteiger partial charge in [0.2, 0.25) is 10.0 Å². The van der Waals surface area contributed by atoms with Crippen LogP contribution in [0, 0.1) is 0 Å². The van der Waals surface area contributed by atoms with Gasteiger partial charge in [-0.1, -0.05) is 79.2 Å². The van der Waals surface area contributed by atoms with Crippen molar-refractivity contribution in [3.63, 3.8) is 0 Å². The van der Waals surface area contributed by atoms with Crippen molar-refractivity contribution in [2.75, 3.05) is 13.1 Å². The molecule has 60 heavy (non-hydrogen) atoms.